The summed E-state index contributed by atoms with van der Waals surface area (Å²) in [6, 6.07) is 7.87. The largest absolute Gasteiger partial charge is 0.339 e. The highest BCUT2D eigenvalue weighted by molar-refractivity contribution is 14.1. The van der Waals surface area contributed by atoms with E-state index in [-0.39, 0.29) is 5.91 Å². The predicted octanol–water partition coefficient (Wildman–Crippen LogP) is 4.19. The van der Waals surface area contributed by atoms with Crippen molar-refractivity contribution >= 4 is 28.5 Å². The van der Waals surface area contributed by atoms with Gasteiger partial charge in [-0.15, -0.1) is 0 Å². The van der Waals surface area contributed by atoms with Crippen molar-refractivity contribution in [3.63, 3.8) is 0 Å². The number of halogens is 1. The molecule has 0 aromatic heterocycles. The first-order valence-electron chi connectivity index (χ1n) is 7.13. The summed E-state index contributed by atoms with van der Waals surface area (Å²) in [6.45, 7) is 6.41. The molecular formula is C16H22INO. The maximum atomic E-state index is 12.6. The smallest absolute Gasteiger partial charge is 0.254 e. The molecule has 1 atom stereocenters. The van der Waals surface area contributed by atoms with Gasteiger partial charge < -0.3 is 4.90 Å². The lowest BCUT2D eigenvalue weighted by Gasteiger charge is -2.22. The van der Waals surface area contributed by atoms with Gasteiger partial charge in [0, 0.05) is 16.7 Å². The number of likely N-dealkylation sites (tertiary alicyclic amines) is 1. The molecule has 0 bridgehead atoms. The molecule has 104 valence electrons. The molecule has 1 saturated heterocycles. The zero-order valence-corrected chi connectivity index (χ0v) is 13.9. The number of carbonyl (C=O) groups excluding carboxylic acids is 1. The van der Waals surface area contributed by atoms with Gasteiger partial charge in [0.1, 0.15) is 0 Å². The highest BCUT2D eigenvalue weighted by Gasteiger charge is 2.23. The fraction of sp³-hybridized carbons (Fsp3) is 0.562. The van der Waals surface area contributed by atoms with Gasteiger partial charge in [-0.2, -0.15) is 0 Å². The minimum atomic E-state index is 0.203. The minimum Gasteiger partial charge on any atom is -0.339 e. The van der Waals surface area contributed by atoms with Crippen LogP contribution in [0.15, 0.2) is 24.3 Å². The van der Waals surface area contributed by atoms with Crippen LogP contribution in [-0.4, -0.2) is 23.9 Å². The number of amides is 1. The van der Waals surface area contributed by atoms with Crippen molar-refractivity contribution in [1.29, 1.82) is 0 Å². The van der Waals surface area contributed by atoms with Gasteiger partial charge >= 0.3 is 0 Å². The number of benzene rings is 1. The lowest BCUT2D eigenvalue weighted by molar-refractivity contribution is 0.0758. The third-order valence-corrected chi connectivity index (χ3v) is 5.05. The van der Waals surface area contributed by atoms with Gasteiger partial charge in [0.15, 0.2) is 0 Å². The van der Waals surface area contributed by atoms with Crippen LogP contribution < -0.4 is 0 Å². The average Bonchev–Trinajstić information content (AvgIpc) is 2.64. The second-order valence-electron chi connectivity index (χ2n) is 5.71. The first-order valence-corrected chi connectivity index (χ1v) is 8.21. The molecule has 0 saturated carbocycles. The Hall–Kier alpha value is -0.580. The molecule has 2 rings (SSSR count). The van der Waals surface area contributed by atoms with E-state index in [1.807, 2.05) is 29.2 Å². The maximum Gasteiger partial charge on any atom is 0.254 e. The molecule has 1 amide bonds. The molecule has 0 radical (unpaired) electrons. The molecule has 0 spiro atoms. The van der Waals surface area contributed by atoms with Gasteiger partial charge in [0.2, 0.25) is 0 Å². The predicted molar refractivity (Wildman–Crippen MR) is 87.2 cm³/mol. The van der Waals surface area contributed by atoms with E-state index < -0.39 is 0 Å². The molecular weight excluding hydrogens is 349 g/mol. The number of carbonyl (C=O) groups is 1. The molecule has 0 aliphatic carbocycles. The molecule has 2 nitrogen and oxygen atoms in total. The van der Waals surface area contributed by atoms with E-state index in [1.165, 1.54) is 6.42 Å². The van der Waals surface area contributed by atoms with Crippen molar-refractivity contribution in [2.45, 2.75) is 33.1 Å². The van der Waals surface area contributed by atoms with E-state index in [0.717, 1.165) is 46.9 Å². The summed E-state index contributed by atoms with van der Waals surface area (Å²) in [5.41, 5.74) is 0.853. The molecule has 1 aliphatic heterocycles. The van der Waals surface area contributed by atoms with Gasteiger partial charge in [-0.05, 0) is 65.8 Å². The summed E-state index contributed by atoms with van der Waals surface area (Å²) in [7, 11) is 0. The lowest BCUT2D eigenvalue weighted by atomic mass is 9.89. The van der Waals surface area contributed by atoms with Crippen molar-refractivity contribution in [2.75, 3.05) is 13.1 Å². The zero-order valence-electron chi connectivity index (χ0n) is 11.7. The van der Waals surface area contributed by atoms with E-state index in [9.17, 15) is 4.79 Å². The highest BCUT2D eigenvalue weighted by atomic mass is 127. The van der Waals surface area contributed by atoms with Gasteiger partial charge in [0.25, 0.3) is 5.91 Å². The Kier molecular flexibility index (Phi) is 5.25. The van der Waals surface area contributed by atoms with E-state index in [4.69, 9.17) is 0 Å². The van der Waals surface area contributed by atoms with Crippen molar-refractivity contribution < 1.29 is 4.79 Å². The minimum absolute atomic E-state index is 0.203. The Morgan fingerprint density at radius 1 is 1.26 bits per heavy atom. The maximum absolute atomic E-state index is 12.6. The van der Waals surface area contributed by atoms with E-state index >= 15 is 0 Å². The van der Waals surface area contributed by atoms with Crippen LogP contribution in [0.4, 0.5) is 0 Å². The van der Waals surface area contributed by atoms with Crippen molar-refractivity contribution in [3.8, 4) is 0 Å². The molecule has 19 heavy (non-hydrogen) atoms. The summed E-state index contributed by atoms with van der Waals surface area (Å²) >= 11 is 2.25. The monoisotopic (exact) mass is 371 g/mol. The summed E-state index contributed by atoms with van der Waals surface area (Å²) in [5.74, 6) is 1.70. The zero-order chi connectivity index (χ0) is 13.8. The van der Waals surface area contributed by atoms with Crippen molar-refractivity contribution in [1.82, 2.24) is 4.90 Å². The summed E-state index contributed by atoms with van der Waals surface area (Å²) < 4.78 is 1.05. The quantitative estimate of drug-likeness (QED) is 0.714. The van der Waals surface area contributed by atoms with Gasteiger partial charge in [-0.3, -0.25) is 4.79 Å². The normalized spacial score (nSPS) is 20.4. The van der Waals surface area contributed by atoms with Crippen LogP contribution in [0.1, 0.15) is 43.5 Å². The van der Waals surface area contributed by atoms with E-state index in [0.29, 0.717) is 0 Å². The van der Waals surface area contributed by atoms with Crippen LogP contribution >= 0.6 is 22.6 Å². The van der Waals surface area contributed by atoms with E-state index in [2.05, 4.69) is 36.4 Å². The van der Waals surface area contributed by atoms with Crippen LogP contribution in [0.2, 0.25) is 0 Å². The van der Waals surface area contributed by atoms with Crippen LogP contribution in [0.3, 0.4) is 0 Å². The molecule has 1 unspecified atom stereocenters. The number of hydrogen-bond acceptors (Lipinski definition) is 1. The SMILES string of the molecule is CC(C)C1CCCN(C(=O)c2ccccc2I)CC1. The molecule has 3 heteroatoms. The Bertz CT molecular complexity index is 444. The van der Waals surface area contributed by atoms with Crippen LogP contribution in [-0.2, 0) is 0 Å². The Morgan fingerprint density at radius 3 is 2.68 bits per heavy atom. The number of nitrogens with zero attached hydrogens (tertiary/aromatic N) is 1. The second kappa shape index (κ2) is 6.73. The molecule has 1 aromatic carbocycles. The van der Waals surface area contributed by atoms with Crippen molar-refractivity contribution in [2.24, 2.45) is 11.8 Å². The Balaban J connectivity index is 2.06. The summed E-state index contributed by atoms with van der Waals surface area (Å²) in [5, 5.41) is 0. The second-order valence-corrected chi connectivity index (χ2v) is 6.87. The summed E-state index contributed by atoms with van der Waals surface area (Å²) in [6.07, 6.45) is 3.54. The number of hydrogen-bond donors (Lipinski definition) is 0. The van der Waals surface area contributed by atoms with Crippen LogP contribution in [0, 0.1) is 15.4 Å². The van der Waals surface area contributed by atoms with Gasteiger partial charge in [0.05, 0.1) is 5.56 Å². The average molecular weight is 371 g/mol. The van der Waals surface area contributed by atoms with Gasteiger partial charge in [-0.1, -0.05) is 26.0 Å². The molecule has 1 fully saturated rings. The molecule has 1 aliphatic rings. The van der Waals surface area contributed by atoms with E-state index in [1.54, 1.807) is 0 Å². The molecule has 0 N–H and O–H groups in total. The molecule has 1 heterocycles. The fourth-order valence-electron chi connectivity index (χ4n) is 2.80. The first-order chi connectivity index (χ1) is 9.09. The number of rotatable bonds is 2. The van der Waals surface area contributed by atoms with Crippen LogP contribution in [0.5, 0.6) is 0 Å². The Labute approximate surface area is 129 Å². The lowest BCUT2D eigenvalue weighted by Crippen LogP contribution is -2.32. The standard InChI is InChI=1S/C16H22INO/c1-12(2)13-6-5-10-18(11-9-13)16(19)14-7-3-4-8-15(14)17/h3-4,7-8,12-13H,5-6,9-11H2,1-2H3. The summed E-state index contributed by atoms with van der Waals surface area (Å²) in [4.78, 5) is 14.6. The first kappa shape index (κ1) is 14.8. The van der Waals surface area contributed by atoms with Crippen molar-refractivity contribution in [3.05, 3.63) is 33.4 Å². The Morgan fingerprint density at radius 2 is 2.00 bits per heavy atom. The molecule has 1 aromatic rings. The fourth-order valence-corrected chi connectivity index (χ4v) is 3.41. The highest BCUT2D eigenvalue weighted by Crippen LogP contribution is 2.25. The third-order valence-electron chi connectivity index (χ3n) is 4.11. The topological polar surface area (TPSA) is 20.3 Å². The van der Waals surface area contributed by atoms with Crippen LogP contribution in [0.25, 0.3) is 0 Å². The third kappa shape index (κ3) is 3.71. The van der Waals surface area contributed by atoms with Gasteiger partial charge in [-0.25, -0.2) is 0 Å².